The zero-order valence-electron chi connectivity index (χ0n) is 20.0. The lowest BCUT2D eigenvalue weighted by atomic mass is 10.1. The van der Waals surface area contributed by atoms with Gasteiger partial charge in [0.2, 0.25) is 5.95 Å². The molecule has 3 heterocycles. The van der Waals surface area contributed by atoms with Crippen LogP contribution in [0.1, 0.15) is 42.7 Å². The van der Waals surface area contributed by atoms with E-state index in [9.17, 15) is 4.79 Å². The zero-order chi connectivity index (χ0) is 25.0. The van der Waals surface area contributed by atoms with Crippen LogP contribution in [0.2, 0.25) is 5.15 Å². The molecule has 1 atom stereocenters. The normalized spacial score (nSPS) is 11.9. The number of rotatable bonds is 7. The molecule has 0 aliphatic heterocycles. The summed E-state index contributed by atoms with van der Waals surface area (Å²) < 4.78 is 12.6. The van der Waals surface area contributed by atoms with E-state index in [2.05, 4.69) is 26.8 Å². The lowest BCUT2D eigenvalue weighted by Crippen LogP contribution is -2.37. The van der Waals surface area contributed by atoms with Crippen molar-refractivity contribution in [2.24, 2.45) is 11.7 Å². The number of aryl methyl sites for hydroxylation is 1. The van der Waals surface area contributed by atoms with Crippen LogP contribution in [0.3, 0.4) is 0 Å². The van der Waals surface area contributed by atoms with Gasteiger partial charge in [0.1, 0.15) is 29.2 Å². The molecule has 0 aliphatic rings. The molecule has 0 bridgehead atoms. The van der Waals surface area contributed by atoms with Gasteiger partial charge in [-0.3, -0.25) is 9.78 Å². The summed E-state index contributed by atoms with van der Waals surface area (Å²) in [6.45, 7) is 8.20. The summed E-state index contributed by atoms with van der Waals surface area (Å²) >= 11 is 6.40. The van der Waals surface area contributed by atoms with Gasteiger partial charge in [-0.1, -0.05) is 37.3 Å². The minimum Gasteiger partial charge on any atom is -0.496 e. The Kier molecular flexibility index (Phi) is 7.97. The predicted octanol–water partition coefficient (Wildman–Crippen LogP) is 3.00. The highest BCUT2D eigenvalue weighted by molar-refractivity contribution is 6.34. The van der Waals surface area contributed by atoms with Gasteiger partial charge in [-0.05, 0) is 19.8 Å². The predicted molar refractivity (Wildman–Crippen MR) is 132 cm³/mol. The standard InChI is InChI=1S/C24H29ClN6O3/c1-13(2)19(26)23(32)34-9-7-6-8-16-11-31(22-18(16)21(25)29-24(27)30-22)12-17-15(4)20(33-5)14(3)10-28-17/h10-11,13,19H,7,9,12,26H2,1-5H3,(H2,27,29,30). The first-order chi connectivity index (χ1) is 16.1. The molecule has 3 rings (SSSR count). The van der Waals surface area contributed by atoms with Crippen molar-refractivity contribution in [2.45, 2.75) is 46.7 Å². The number of methoxy groups -OCH3 is 1. The first-order valence-electron chi connectivity index (χ1n) is 10.9. The Labute approximate surface area is 203 Å². The molecule has 0 aliphatic carbocycles. The second-order valence-corrected chi connectivity index (χ2v) is 8.64. The molecule has 1 unspecified atom stereocenters. The smallest absolute Gasteiger partial charge is 0.323 e. The molecule has 0 radical (unpaired) electrons. The molecule has 0 saturated carbocycles. The SMILES string of the molecule is COc1c(C)cnc(Cn2cc(C#CCCOC(=O)C(N)C(C)C)c3c(Cl)nc(N)nc32)c1C. The van der Waals surface area contributed by atoms with E-state index in [4.69, 9.17) is 32.5 Å². The first kappa shape index (κ1) is 25.3. The number of nitrogens with zero attached hydrogens (tertiary/aromatic N) is 4. The van der Waals surface area contributed by atoms with E-state index >= 15 is 0 Å². The summed E-state index contributed by atoms with van der Waals surface area (Å²) in [5.41, 5.74) is 15.6. The number of aromatic nitrogens is 4. The fourth-order valence-electron chi connectivity index (χ4n) is 3.49. The number of nitrogens with two attached hydrogens (primary N) is 2. The van der Waals surface area contributed by atoms with Gasteiger partial charge in [0.05, 0.1) is 30.3 Å². The van der Waals surface area contributed by atoms with E-state index in [1.165, 1.54) is 0 Å². The molecule has 3 aromatic heterocycles. The monoisotopic (exact) mass is 484 g/mol. The fourth-order valence-corrected chi connectivity index (χ4v) is 3.77. The van der Waals surface area contributed by atoms with Crippen LogP contribution >= 0.6 is 11.6 Å². The summed E-state index contributed by atoms with van der Waals surface area (Å²) in [4.78, 5) is 24.9. The third-order valence-electron chi connectivity index (χ3n) is 5.44. The average molecular weight is 485 g/mol. The number of hydrogen-bond donors (Lipinski definition) is 2. The molecule has 10 heteroatoms. The van der Waals surface area contributed by atoms with Crippen molar-refractivity contribution in [1.29, 1.82) is 0 Å². The quantitative estimate of drug-likeness (QED) is 0.226. The topological polar surface area (TPSA) is 131 Å². The number of ether oxygens (including phenoxy) is 2. The number of hydrogen-bond acceptors (Lipinski definition) is 8. The van der Waals surface area contributed by atoms with Crippen molar-refractivity contribution in [1.82, 2.24) is 19.5 Å². The Balaban J connectivity index is 1.88. The second kappa shape index (κ2) is 10.7. The molecular formula is C24H29ClN6O3. The van der Waals surface area contributed by atoms with Crippen molar-refractivity contribution in [3.63, 3.8) is 0 Å². The molecule has 4 N–H and O–H groups in total. The number of anilines is 1. The molecule has 0 saturated heterocycles. The number of carbonyl (C=O) groups excluding carboxylic acids is 1. The van der Waals surface area contributed by atoms with E-state index in [0.29, 0.717) is 29.6 Å². The number of esters is 1. The van der Waals surface area contributed by atoms with Gasteiger partial charge >= 0.3 is 5.97 Å². The molecule has 0 amide bonds. The van der Waals surface area contributed by atoms with Crippen LogP contribution in [0.15, 0.2) is 12.4 Å². The van der Waals surface area contributed by atoms with Crippen LogP contribution < -0.4 is 16.2 Å². The number of carbonyl (C=O) groups is 1. The van der Waals surface area contributed by atoms with Gasteiger partial charge in [0.15, 0.2) is 0 Å². The molecule has 3 aromatic rings. The van der Waals surface area contributed by atoms with E-state index in [1.54, 1.807) is 13.3 Å². The van der Waals surface area contributed by atoms with Gasteiger partial charge < -0.3 is 25.5 Å². The Hall–Kier alpha value is -3.35. The maximum atomic E-state index is 11.9. The van der Waals surface area contributed by atoms with Crippen LogP contribution in [0.5, 0.6) is 5.75 Å². The highest BCUT2D eigenvalue weighted by Crippen LogP contribution is 2.29. The number of halogens is 1. The largest absolute Gasteiger partial charge is 0.496 e. The lowest BCUT2D eigenvalue weighted by molar-refractivity contribution is -0.146. The van der Waals surface area contributed by atoms with Crippen molar-refractivity contribution >= 4 is 34.6 Å². The Morgan fingerprint density at radius 2 is 2.03 bits per heavy atom. The van der Waals surface area contributed by atoms with Crippen LogP contribution in [0.25, 0.3) is 11.0 Å². The third kappa shape index (κ3) is 5.41. The molecule has 9 nitrogen and oxygen atoms in total. The average Bonchev–Trinajstić information content (AvgIpc) is 3.12. The minimum atomic E-state index is -0.648. The summed E-state index contributed by atoms with van der Waals surface area (Å²) in [7, 11) is 1.64. The highest BCUT2D eigenvalue weighted by atomic mass is 35.5. The maximum absolute atomic E-state index is 11.9. The van der Waals surface area contributed by atoms with E-state index in [1.807, 2.05) is 38.5 Å². The molecular weight excluding hydrogens is 456 g/mol. The van der Waals surface area contributed by atoms with Crippen molar-refractivity contribution in [3.05, 3.63) is 39.9 Å². The van der Waals surface area contributed by atoms with Crippen LogP contribution in [0.4, 0.5) is 5.95 Å². The second-order valence-electron chi connectivity index (χ2n) is 8.28. The number of nitrogen functional groups attached to an aromatic ring is 1. The Morgan fingerprint density at radius 1 is 1.29 bits per heavy atom. The molecule has 0 spiro atoms. The summed E-state index contributed by atoms with van der Waals surface area (Å²) in [6, 6.07) is -0.648. The Morgan fingerprint density at radius 3 is 2.71 bits per heavy atom. The number of fused-ring (bicyclic) bond motifs is 1. The van der Waals surface area contributed by atoms with E-state index in [0.717, 1.165) is 22.6 Å². The van der Waals surface area contributed by atoms with Gasteiger partial charge in [-0.25, -0.2) is 4.98 Å². The number of pyridine rings is 1. The maximum Gasteiger partial charge on any atom is 0.323 e. The summed E-state index contributed by atoms with van der Waals surface area (Å²) in [5.74, 6) is 6.52. The van der Waals surface area contributed by atoms with Gasteiger partial charge in [-0.15, -0.1) is 0 Å². The molecule has 0 fully saturated rings. The summed E-state index contributed by atoms with van der Waals surface area (Å²) in [5, 5.41) is 0.810. The van der Waals surface area contributed by atoms with E-state index in [-0.39, 0.29) is 23.6 Å². The van der Waals surface area contributed by atoms with Crippen LogP contribution in [-0.4, -0.2) is 45.2 Å². The van der Waals surface area contributed by atoms with Gasteiger partial charge in [0, 0.05) is 29.9 Å². The summed E-state index contributed by atoms with van der Waals surface area (Å²) in [6.07, 6.45) is 3.95. The van der Waals surface area contributed by atoms with Gasteiger partial charge in [0.25, 0.3) is 0 Å². The van der Waals surface area contributed by atoms with Crippen molar-refractivity contribution in [3.8, 4) is 17.6 Å². The van der Waals surface area contributed by atoms with Gasteiger partial charge in [-0.2, -0.15) is 4.98 Å². The van der Waals surface area contributed by atoms with Crippen molar-refractivity contribution in [2.75, 3.05) is 19.5 Å². The van der Waals surface area contributed by atoms with Crippen LogP contribution in [0, 0.1) is 31.6 Å². The van der Waals surface area contributed by atoms with Crippen molar-refractivity contribution < 1.29 is 14.3 Å². The molecule has 180 valence electrons. The first-order valence-corrected chi connectivity index (χ1v) is 11.2. The third-order valence-corrected chi connectivity index (χ3v) is 5.72. The van der Waals surface area contributed by atoms with Crippen LogP contribution in [-0.2, 0) is 16.1 Å². The highest BCUT2D eigenvalue weighted by Gasteiger charge is 2.19. The molecule has 0 aromatic carbocycles. The lowest BCUT2D eigenvalue weighted by Gasteiger charge is -2.13. The molecule has 34 heavy (non-hydrogen) atoms. The minimum absolute atomic E-state index is 0.00548. The fraction of sp³-hybridized carbons (Fsp3) is 0.417. The zero-order valence-corrected chi connectivity index (χ0v) is 20.7. The Bertz CT molecular complexity index is 1280. The van der Waals surface area contributed by atoms with E-state index < -0.39 is 12.0 Å².